The summed E-state index contributed by atoms with van der Waals surface area (Å²) in [5.74, 6) is 0. The van der Waals surface area contributed by atoms with Crippen molar-refractivity contribution < 1.29 is 0 Å². The Kier molecular flexibility index (Phi) is 3.50. The van der Waals surface area contributed by atoms with E-state index >= 15 is 0 Å². The quantitative estimate of drug-likeness (QED) is 0.314. The Hall–Kier alpha value is 0.235. The average Bonchev–Trinajstić information content (AvgIpc) is 1.64. The van der Waals surface area contributed by atoms with Crippen molar-refractivity contribution >= 4 is 15.4 Å². The number of allylic oxidation sites excluding steroid dienone is 1. The summed E-state index contributed by atoms with van der Waals surface area (Å²) in [5.41, 5.74) is 0. The molecule has 0 spiro atoms. The summed E-state index contributed by atoms with van der Waals surface area (Å²) in [6.45, 7) is 10.2. The Balaban J connectivity index is 3.72. The van der Waals surface area contributed by atoms with Crippen LogP contribution in [-0.4, -0.2) is 18.9 Å². The van der Waals surface area contributed by atoms with Crippen LogP contribution in [0.25, 0.3) is 0 Å². The maximum absolute atomic E-state index is 5.89. The van der Waals surface area contributed by atoms with Crippen LogP contribution in [0.15, 0.2) is 12.7 Å². The van der Waals surface area contributed by atoms with Gasteiger partial charge in [-0.25, -0.2) is 0 Å². The van der Waals surface area contributed by atoms with Crippen molar-refractivity contribution in [2.75, 3.05) is 6.16 Å². The van der Waals surface area contributed by atoms with E-state index < -0.39 is 7.80 Å². The van der Waals surface area contributed by atoms with Crippen LogP contribution in [0.3, 0.4) is 0 Å². The van der Waals surface area contributed by atoms with E-state index in [0.29, 0.717) is 5.16 Å². The lowest BCUT2D eigenvalue weighted by Gasteiger charge is -2.30. The molecular formula is C7H15BP. The van der Waals surface area contributed by atoms with Gasteiger partial charge in [-0.1, -0.05) is 12.7 Å². The number of hydrogen-bond donors (Lipinski definition) is 0. The van der Waals surface area contributed by atoms with E-state index in [-0.39, 0.29) is 0 Å². The first-order valence-corrected chi connectivity index (χ1v) is 4.99. The molecule has 0 aromatic heterocycles. The molecule has 0 aromatic carbocycles. The Morgan fingerprint density at radius 2 is 2.00 bits per heavy atom. The summed E-state index contributed by atoms with van der Waals surface area (Å²) in [7, 11) is 5.22. The molecular weight excluding hydrogens is 126 g/mol. The highest BCUT2D eigenvalue weighted by Gasteiger charge is 2.14. The van der Waals surface area contributed by atoms with E-state index in [1.54, 1.807) is 0 Å². The molecule has 0 heterocycles. The minimum atomic E-state index is -0.674. The second-order valence-electron chi connectivity index (χ2n) is 3.27. The molecule has 0 rings (SSSR count). The minimum absolute atomic E-state index is 0.318. The molecule has 0 fully saturated rings. The third-order valence-electron chi connectivity index (χ3n) is 1.33. The smallest absolute Gasteiger partial charge is 0.0277 e. The normalized spacial score (nSPS) is 15.1. The second kappa shape index (κ2) is 3.41. The largest absolute Gasteiger partial charge is 0.309 e. The zero-order valence-electron chi connectivity index (χ0n) is 6.57. The van der Waals surface area contributed by atoms with E-state index in [0.717, 1.165) is 6.16 Å². The van der Waals surface area contributed by atoms with E-state index in [1.165, 1.54) is 0 Å². The lowest BCUT2D eigenvalue weighted by atomic mass is 10.3. The van der Waals surface area contributed by atoms with Crippen LogP contribution in [0.1, 0.15) is 20.8 Å². The summed E-state index contributed by atoms with van der Waals surface area (Å²) < 4.78 is 0. The third-order valence-corrected chi connectivity index (χ3v) is 3.98. The lowest BCUT2D eigenvalue weighted by Crippen LogP contribution is -2.12. The molecule has 1 atom stereocenters. The van der Waals surface area contributed by atoms with Crippen LogP contribution in [0.5, 0.6) is 0 Å². The molecule has 0 nitrogen and oxygen atoms in total. The summed E-state index contributed by atoms with van der Waals surface area (Å²) in [5, 5.41) is 0.318. The van der Waals surface area contributed by atoms with Crippen molar-refractivity contribution in [1.82, 2.24) is 0 Å². The topological polar surface area (TPSA) is 0 Å². The van der Waals surface area contributed by atoms with Crippen LogP contribution in [0.4, 0.5) is 0 Å². The van der Waals surface area contributed by atoms with Gasteiger partial charge in [-0.3, -0.25) is 7.80 Å². The zero-order chi connectivity index (χ0) is 7.49. The predicted molar refractivity (Wildman–Crippen MR) is 48.9 cm³/mol. The van der Waals surface area contributed by atoms with E-state index in [2.05, 4.69) is 27.4 Å². The van der Waals surface area contributed by atoms with Gasteiger partial charge in [0.05, 0.1) is 0 Å². The maximum Gasteiger partial charge on any atom is 0.0277 e. The van der Waals surface area contributed by atoms with Gasteiger partial charge in [-0.15, -0.1) is 0 Å². The van der Waals surface area contributed by atoms with Gasteiger partial charge in [-0.2, -0.15) is 0 Å². The van der Waals surface area contributed by atoms with Crippen LogP contribution in [0, 0.1) is 0 Å². The fourth-order valence-electron chi connectivity index (χ4n) is 0.462. The summed E-state index contributed by atoms with van der Waals surface area (Å²) >= 11 is 0. The molecule has 0 aliphatic heterocycles. The van der Waals surface area contributed by atoms with E-state index in [9.17, 15) is 0 Å². The first-order chi connectivity index (χ1) is 3.98. The Morgan fingerprint density at radius 3 is 2.11 bits per heavy atom. The Morgan fingerprint density at radius 1 is 1.56 bits per heavy atom. The summed E-state index contributed by atoms with van der Waals surface area (Å²) in [6.07, 6.45) is 2.92. The summed E-state index contributed by atoms with van der Waals surface area (Å²) in [6, 6.07) is 0. The standard InChI is InChI=1S/C7H15BP/c1-5-6-9(8)7(2,3)4/h5,9H,1,6H2,2-4H3. The first-order valence-electron chi connectivity index (χ1n) is 3.21. The Labute approximate surface area is 60.8 Å². The molecule has 0 bridgehead atoms. The first kappa shape index (κ1) is 9.23. The van der Waals surface area contributed by atoms with Gasteiger partial charge in [-0.05, 0) is 20.8 Å². The van der Waals surface area contributed by atoms with Crippen molar-refractivity contribution in [3.63, 3.8) is 0 Å². The van der Waals surface area contributed by atoms with Crippen LogP contribution < -0.4 is 0 Å². The fraction of sp³-hybridized carbons (Fsp3) is 0.714. The van der Waals surface area contributed by atoms with Gasteiger partial charge >= 0.3 is 0 Å². The van der Waals surface area contributed by atoms with Gasteiger partial charge < -0.3 is 7.57 Å². The molecule has 1 unspecified atom stereocenters. The highest BCUT2D eigenvalue weighted by molar-refractivity contribution is 7.83. The molecule has 0 N–H and O–H groups in total. The van der Waals surface area contributed by atoms with Crippen molar-refractivity contribution in [2.45, 2.75) is 25.9 Å². The molecule has 3 radical (unpaired) electrons. The van der Waals surface area contributed by atoms with Crippen molar-refractivity contribution in [3.8, 4) is 0 Å². The molecule has 0 aromatic rings. The molecule has 9 heavy (non-hydrogen) atoms. The van der Waals surface area contributed by atoms with Gasteiger partial charge in [0.25, 0.3) is 0 Å². The van der Waals surface area contributed by atoms with Gasteiger partial charge in [0.15, 0.2) is 0 Å². The summed E-state index contributed by atoms with van der Waals surface area (Å²) in [4.78, 5) is 0. The average molecular weight is 141 g/mol. The Bertz CT molecular complexity index is 93.6. The molecule has 0 amide bonds. The predicted octanol–water partition coefficient (Wildman–Crippen LogP) is 2.27. The second-order valence-corrected chi connectivity index (χ2v) is 6.23. The molecule has 0 aliphatic rings. The molecule has 0 saturated heterocycles. The molecule has 2 heteroatoms. The fourth-order valence-corrected chi connectivity index (χ4v) is 1.39. The van der Waals surface area contributed by atoms with Crippen LogP contribution in [-0.2, 0) is 0 Å². The van der Waals surface area contributed by atoms with Crippen molar-refractivity contribution in [3.05, 3.63) is 12.7 Å². The highest BCUT2D eigenvalue weighted by atomic mass is 31.1. The van der Waals surface area contributed by atoms with Crippen LogP contribution >= 0.6 is 7.80 Å². The van der Waals surface area contributed by atoms with E-state index in [1.807, 2.05) is 6.08 Å². The van der Waals surface area contributed by atoms with Gasteiger partial charge in [0, 0.05) is 11.3 Å². The van der Waals surface area contributed by atoms with Gasteiger partial charge in [0.1, 0.15) is 0 Å². The third kappa shape index (κ3) is 3.75. The number of hydrogen-bond acceptors (Lipinski definition) is 0. The zero-order valence-corrected chi connectivity index (χ0v) is 7.57. The molecule has 0 saturated carbocycles. The van der Waals surface area contributed by atoms with Crippen molar-refractivity contribution in [1.29, 1.82) is 0 Å². The SMILES string of the molecule is [B-][PH+](CC=C)C(C)(C)C. The lowest BCUT2D eigenvalue weighted by molar-refractivity contribution is 0.792. The van der Waals surface area contributed by atoms with E-state index in [4.69, 9.17) is 7.57 Å². The molecule has 51 valence electrons. The van der Waals surface area contributed by atoms with Gasteiger partial charge in [0.2, 0.25) is 0 Å². The molecule has 0 aliphatic carbocycles. The highest BCUT2D eigenvalue weighted by Crippen LogP contribution is 2.44. The minimum Gasteiger partial charge on any atom is -0.309 e. The van der Waals surface area contributed by atoms with Crippen LogP contribution in [0.2, 0.25) is 0 Å². The van der Waals surface area contributed by atoms with Crippen molar-refractivity contribution in [2.24, 2.45) is 0 Å². The number of rotatable bonds is 2. The maximum atomic E-state index is 5.89. The monoisotopic (exact) mass is 141 g/mol.